The number of pyridine rings is 1. The van der Waals surface area contributed by atoms with Crippen LogP contribution in [0.25, 0.3) is 0 Å². The number of nitrogens with zero attached hydrogens (tertiary/aromatic N) is 2. The lowest BCUT2D eigenvalue weighted by Crippen LogP contribution is -2.43. The number of ether oxygens (including phenoxy) is 1. The van der Waals surface area contributed by atoms with Crippen LogP contribution in [-0.2, 0) is 20.7 Å². The van der Waals surface area contributed by atoms with E-state index in [1.165, 1.54) is 0 Å². The zero-order chi connectivity index (χ0) is 19.1. The van der Waals surface area contributed by atoms with E-state index in [4.69, 9.17) is 4.74 Å². The normalized spacial score (nSPS) is 16.0. The maximum Gasteiger partial charge on any atom is 0.309 e. The smallest absolute Gasteiger partial charge is 0.309 e. The fourth-order valence-electron chi connectivity index (χ4n) is 3.60. The Hall–Kier alpha value is -2.69. The third kappa shape index (κ3) is 4.94. The SMILES string of the molecule is CCOC(=O)C1CCN(C(=O)C(Cc2cccnc2)c2ccccc2)CC1. The number of benzene rings is 1. The van der Waals surface area contributed by atoms with Gasteiger partial charge in [-0.3, -0.25) is 14.6 Å². The second-order valence-electron chi connectivity index (χ2n) is 6.88. The highest BCUT2D eigenvalue weighted by molar-refractivity contribution is 5.84. The fraction of sp³-hybridized carbons (Fsp3) is 0.409. The first-order valence-electron chi connectivity index (χ1n) is 9.58. The van der Waals surface area contributed by atoms with Gasteiger partial charge in [-0.25, -0.2) is 0 Å². The summed E-state index contributed by atoms with van der Waals surface area (Å²) in [7, 11) is 0. The summed E-state index contributed by atoms with van der Waals surface area (Å²) >= 11 is 0. The average molecular weight is 366 g/mol. The number of likely N-dealkylation sites (tertiary alicyclic amines) is 1. The van der Waals surface area contributed by atoms with Gasteiger partial charge < -0.3 is 9.64 Å². The highest BCUT2D eigenvalue weighted by atomic mass is 16.5. The van der Waals surface area contributed by atoms with Crippen molar-refractivity contribution in [2.45, 2.75) is 32.1 Å². The van der Waals surface area contributed by atoms with Gasteiger partial charge in [0.05, 0.1) is 18.4 Å². The van der Waals surface area contributed by atoms with Gasteiger partial charge in [0.25, 0.3) is 0 Å². The zero-order valence-corrected chi connectivity index (χ0v) is 15.7. The van der Waals surface area contributed by atoms with E-state index in [1.807, 2.05) is 60.5 Å². The van der Waals surface area contributed by atoms with Crippen molar-refractivity contribution in [1.29, 1.82) is 0 Å². The van der Waals surface area contributed by atoms with Crippen LogP contribution in [0.15, 0.2) is 54.9 Å². The maximum atomic E-state index is 13.3. The van der Waals surface area contributed by atoms with Crippen molar-refractivity contribution in [2.24, 2.45) is 5.92 Å². The van der Waals surface area contributed by atoms with Crippen LogP contribution in [0.5, 0.6) is 0 Å². The van der Waals surface area contributed by atoms with Crippen LogP contribution in [0.2, 0.25) is 0 Å². The fourth-order valence-corrected chi connectivity index (χ4v) is 3.60. The Labute approximate surface area is 160 Å². The molecule has 5 nitrogen and oxygen atoms in total. The molecule has 0 spiro atoms. The Balaban J connectivity index is 1.71. The van der Waals surface area contributed by atoms with Crippen molar-refractivity contribution in [3.8, 4) is 0 Å². The van der Waals surface area contributed by atoms with E-state index >= 15 is 0 Å². The highest BCUT2D eigenvalue weighted by Gasteiger charge is 2.32. The van der Waals surface area contributed by atoms with Crippen LogP contribution in [0.3, 0.4) is 0 Å². The number of rotatable bonds is 6. The van der Waals surface area contributed by atoms with Gasteiger partial charge in [0.2, 0.25) is 5.91 Å². The number of carbonyl (C=O) groups is 2. The summed E-state index contributed by atoms with van der Waals surface area (Å²) in [5.41, 5.74) is 2.06. The largest absolute Gasteiger partial charge is 0.466 e. The molecule has 0 saturated carbocycles. The topological polar surface area (TPSA) is 59.5 Å². The van der Waals surface area contributed by atoms with Crippen molar-refractivity contribution in [1.82, 2.24) is 9.88 Å². The minimum absolute atomic E-state index is 0.0949. The van der Waals surface area contributed by atoms with Gasteiger partial charge in [0, 0.05) is 25.5 Å². The summed E-state index contributed by atoms with van der Waals surface area (Å²) in [6.07, 6.45) is 5.51. The number of esters is 1. The Bertz CT molecular complexity index is 741. The lowest BCUT2D eigenvalue weighted by atomic mass is 9.89. The van der Waals surface area contributed by atoms with Crippen molar-refractivity contribution in [2.75, 3.05) is 19.7 Å². The van der Waals surface area contributed by atoms with Crippen molar-refractivity contribution >= 4 is 11.9 Å². The molecule has 1 aliphatic heterocycles. The first-order valence-corrected chi connectivity index (χ1v) is 9.58. The minimum atomic E-state index is -0.241. The van der Waals surface area contributed by atoms with E-state index in [9.17, 15) is 9.59 Å². The molecule has 1 aromatic heterocycles. The molecule has 1 amide bonds. The van der Waals surface area contributed by atoms with Crippen LogP contribution in [0, 0.1) is 5.92 Å². The summed E-state index contributed by atoms with van der Waals surface area (Å²) < 4.78 is 5.12. The molecule has 2 aromatic rings. The van der Waals surface area contributed by atoms with Crippen LogP contribution in [0.4, 0.5) is 0 Å². The lowest BCUT2D eigenvalue weighted by Gasteiger charge is -2.33. The van der Waals surface area contributed by atoms with Crippen LogP contribution in [-0.4, -0.2) is 41.5 Å². The van der Waals surface area contributed by atoms with Gasteiger partial charge in [-0.1, -0.05) is 36.4 Å². The van der Waals surface area contributed by atoms with Gasteiger partial charge in [-0.2, -0.15) is 0 Å². The van der Waals surface area contributed by atoms with Gasteiger partial charge in [0.15, 0.2) is 0 Å². The second kappa shape index (κ2) is 9.31. The number of amides is 1. The molecule has 1 atom stereocenters. The molecule has 0 bridgehead atoms. The Morgan fingerprint density at radius 1 is 1.15 bits per heavy atom. The number of carbonyl (C=O) groups excluding carboxylic acids is 2. The van der Waals surface area contributed by atoms with Crippen LogP contribution >= 0.6 is 0 Å². The standard InChI is InChI=1S/C22H26N2O3/c1-2-27-22(26)19-10-13-24(14-11-19)21(25)20(18-8-4-3-5-9-18)15-17-7-6-12-23-16-17/h3-9,12,16,19-20H,2,10-11,13-15H2,1H3. The highest BCUT2D eigenvalue weighted by Crippen LogP contribution is 2.26. The summed E-state index contributed by atoms with van der Waals surface area (Å²) in [5, 5.41) is 0. The Morgan fingerprint density at radius 2 is 1.89 bits per heavy atom. The van der Waals surface area contributed by atoms with Crippen LogP contribution < -0.4 is 0 Å². The Morgan fingerprint density at radius 3 is 2.52 bits per heavy atom. The van der Waals surface area contributed by atoms with E-state index in [0.29, 0.717) is 39.0 Å². The molecule has 0 radical (unpaired) electrons. The molecule has 1 saturated heterocycles. The summed E-state index contributed by atoms with van der Waals surface area (Å²) in [6.45, 7) is 3.41. The predicted molar refractivity (Wildman–Crippen MR) is 103 cm³/mol. The molecule has 3 rings (SSSR count). The molecule has 1 aliphatic rings. The third-order valence-electron chi connectivity index (χ3n) is 5.09. The van der Waals surface area contributed by atoms with Gasteiger partial charge in [-0.15, -0.1) is 0 Å². The summed E-state index contributed by atoms with van der Waals surface area (Å²) in [5.74, 6) is -0.357. The molecular weight excluding hydrogens is 340 g/mol. The summed E-state index contributed by atoms with van der Waals surface area (Å²) in [6, 6.07) is 13.8. The van der Waals surface area contributed by atoms with Crippen molar-refractivity contribution in [3.63, 3.8) is 0 Å². The molecule has 2 heterocycles. The quantitative estimate of drug-likeness (QED) is 0.737. The van der Waals surface area contributed by atoms with E-state index in [2.05, 4.69) is 4.98 Å². The monoisotopic (exact) mass is 366 g/mol. The maximum absolute atomic E-state index is 13.3. The molecule has 0 aliphatic carbocycles. The molecule has 142 valence electrons. The van der Waals surface area contributed by atoms with Crippen molar-refractivity contribution in [3.05, 3.63) is 66.0 Å². The van der Waals surface area contributed by atoms with E-state index in [1.54, 1.807) is 6.20 Å². The summed E-state index contributed by atoms with van der Waals surface area (Å²) in [4.78, 5) is 31.3. The molecule has 0 N–H and O–H groups in total. The molecule has 1 fully saturated rings. The third-order valence-corrected chi connectivity index (χ3v) is 5.09. The molecule has 27 heavy (non-hydrogen) atoms. The van der Waals surface area contributed by atoms with Crippen molar-refractivity contribution < 1.29 is 14.3 Å². The molecule has 5 heteroatoms. The first kappa shape index (κ1) is 19.1. The zero-order valence-electron chi connectivity index (χ0n) is 15.7. The number of hydrogen-bond acceptors (Lipinski definition) is 4. The second-order valence-corrected chi connectivity index (χ2v) is 6.88. The average Bonchev–Trinajstić information content (AvgIpc) is 2.73. The lowest BCUT2D eigenvalue weighted by molar-refractivity contribution is -0.151. The van der Waals surface area contributed by atoms with E-state index in [0.717, 1.165) is 11.1 Å². The molecule has 1 unspecified atom stereocenters. The Kier molecular flexibility index (Phi) is 6.58. The van der Waals surface area contributed by atoms with Gasteiger partial charge >= 0.3 is 5.97 Å². The number of piperidine rings is 1. The van der Waals surface area contributed by atoms with Crippen LogP contribution in [0.1, 0.15) is 36.8 Å². The van der Waals surface area contributed by atoms with E-state index < -0.39 is 0 Å². The number of aromatic nitrogens is 1. The first-order chi connectivity index (χ1) is 13.2. The van der Waals surface area contributed by atoms with Gasteiger partial charge in [0.1, 0.15) is 0 Å². The molecular formula is C22H26N2O3. The molecule has 1 aromatic carbocycles. The predicted octanol–water partition coefficient (Wildman–Crippen LogP) is 3.21. The van der Waals surface area contributed by atoms with E-state index in [-0.39, 0.29) is 23.7 Å². The number of hydrogen-bond donors (Lipinski definition) is 0. The van der Waals surface area contributed by atoms with Gasteiger partial charge in [-0.05, 0) is 43.4 Å². The minimum Gasteiger partial charge on any atom is -0.466 e.